The monoisotopic (exact) mass is 151 g/mol. The van der Waals surface area contributed by atoms with Crippen LogP contribution in [0.2, 0.25) is 0 Å². The molecule has 11 heavy (non-hydrogen) atoms. The summed E-state index contributed by atoms with van der Waals surface area (Å²) in [6.07, 6.45) is 5.49. The van der Waals surface area contributed by atoms with Gasteiger partial charge in [-0.25, -0.2) is 0 Å². The van der Waals surface area contributed by atoms with Crippen LogP contribution in [0.4, 0.5) is 0 Å². The lowest BCUT2D eigenvalue weighted by atomic mass is 9.87. The van der Waals surface area contributed by atoms with Crippen LogP contribution in [-0.4, -0.2) is 23.5 Å². The second-order valence-electron chi connectivity index (χ2n) is 4.01. The minimum atomic E-state index is 0.444. The van der Waals surface area contributed by atoms with Crippen molar-refractivity contribution >= 4 is 0 Å². The number of hydrogen-bond donors (Lipinski definition) is 0. The highest BCUT2D eigenvalue weighted by Crippen LogP contribution is 2.42. The predicted molar refractivity (Wildman–Crippen MR) is 47.6 cm³/mol. The maximum Gasteiger partial charge on any atom is 0.0416 e. The van der Waals surface area contributed by atoms with E-state index in [1.165, 1.54) is 44.3 Å². The van der Waals surface area contributed by atoms with E-state index in [9.17, 15) is 0 Å². The van der Waals surface area contributed by atoms with Gasteiger partial charge in [0.25, 0.3) is 0 Å². The fourth-order valence-corrected chi connectivity index (χ4v) is 2.80. The molecule has 2 aliphatic rings. The molecule has 62 valence electrons. The normalized spacial score (nSPS) is 28.8. The summed E-state index contributed by atoms with van der Waals surface area (Å²) in [5, 5.41) is 0. The summed E-state index contributed by atoms with van der Waals surface area (Å²) >= 11 is 0. The molecule has 0 radical (unpaired) electrons. The highest BCUT2D eigenvalue weighted by Gasteiger charge is 2.44. The topological polar surface area (TPSA) is 3.24 Å². The van der Waals surface area contributed by atoms with Crippen LogP contribution in [0, 0.1) is 0 Å². The molecule has 0 aromatic heterocycles. The van der Waals surface area contributed by atoms with Gasteiger partial charge in [0, 0.05) is 5.54 Å². The summed E-state index contributed by atoms with van der Waals surface area (Å²) in [6, 6.07) is 0. The third-order valence-electron chi connectivity index (χ3n) is 3.44. The van der Waals surface area contributed by atoms with Crippen molar-refractivity contribution in [3.63, 3.8) is 0 Å². The molecule has 0 aromatic carbocycles. The van der Waals surface area contributed by atoms with Gasteiger partial charge in [-0.15, -0.1) is 0 Å². The second-order valence-corrected chi connectivity index (χ2v) is 4.01. The SMILES string of the molecule is C=C(C)C12CCCN1CCC2. The zero-order valence-corrected chi connectivity index (χ0v) is 7.40. The Morgan fingerprint density at radius 2 is 1.82 bits per heavy atom. The van der Waals surface area contributed by atoms with Crippen molar-refractivity contribution in [2.75, 3.05) is 13.1 Å². The molecule has 2 aliphatic heterocycles. The smallest absolute Gasteiger partial charge is 0.0416 e. The van der Waals surface area contributed by atoms with Crippen molar-refractivity contribution in [2.24, 2.45) is 0 Å². The molecule has 2 saturated heterocycles. The minimum absolute atomic E-state index is 0.444. The average molecular weight is 151 g/mol. The zero-order chi connectivity index (χ0) is 7.90. The summed E-state index contributed by atoms with van der Waals surface area (Å²) in [5.41, 5.74) is 1.84. The summed E-state index contributed by atoms with van der Waals surface area (Å²) in [5.74, 6) is 0. The molecule has 1 nitrogen and oxygen atoms in total. The van der Waals surface area contributed by atoms with Crippen LogP contribution in [0.5, 0.6) is 0 Å². The Morgan fingerprint density at radius 3 is 2.18 bits per heavy atom. The van der Waals surface area contributed by atoms with Gasteiger partial charge in [-0.3, -0.25) is 4.90 Å². The summed E-state index contributed by atoms with van der Waals surface area (Å²) in [6.45, 7) is 8.95. The van der Waals surface area contributed by atoms with Crippen molar-refractivity contribution < 1.29 is 0 Å². The molecule has 2 rings (SSSR count). The van der Waals surface area contributed by atoms with Crippen molar-refractivity contribution in [2.45, 2.75) is 38.1 Å². The van der Waals surface area contributed by atoms with E-state index < -0.39 is 0 Å². The van der Waals surface area contributed by atoms with Gasteiger partial charge in [-0.1, -0.05) is 12.2 Å². The highest BCUT2D eigenvalue weighted by atomic mass is 15.2. The minimum Gasteiger partial charge on any atom is -0.294 e. The van der Waals surface area contributed by atoms with Crippen LogP contribution in [-0.2, 0) is 0 Å². The predicted octanol–water partition coefficient (Wildman–Crippen LogP) is 2.19. The maximum atomic E-state index is 4.13. The standard InChI is InChI=1S/C10H17N/c1-9(2)10-5-3-7-11(10)8-4-6-10/h1,3-8H2,2H3. The zero-order valence-electron chi connectivity index (χ0n) is 7.40. The number of hydrogen-bond acceptors (Lipinski definition) is 1. The largest absolute Gasteiger partial charge is 0.294 e. The summed E-state index contributed by atoms with van der Waals surface area (Å²) in [4.78, 5) is 2.63. The molecule has 0 atom stereocenters. The van der Waals surface area contributed by atoms with E-state index in [1.807, 2.05) is 0 Å². The molecule has 0 spiro atoms. The third-order valence-corrected chi connectivity index (χ3v) is 3.44. The highest BCUT2D eigenvalue weighted by molar-refractivity contribution is 5.19. The van der Waals surface area contributed by atoms with E-state index in [0.717, 1.165) is 0 Å². The number of nitrogens with zero attached hydrogens (tertiary/aromatic N) is 1. The van der Waals surface area contributed by atoms with Crippen LogP contribution in [0.3, 0.4) is 0 Å². The molecule has 0 amide bonds. The Kier molecular flexibility index (Phi) is 1.57. The van der Waals surface area contributed by atoms with Crippen molar-refractivity contribution in [3.8, 4) is 0 Å². The molecule has 0 saturated carbocycles. The molecular weight excluding hydrogens is 134 g/mol. The average Bonchev–Trinajstić information content (AvgIpc) is 2.40. The van der Waals surface area contributed by atoms with Crippen LogP contribution in [0.15, 0.2) is 12.2 Å². The van der Waals surface area contributed by atoms with E-state index in [2.05, 4.69) is 18.4 Å². The summed E-state index contributed by atoms with van der Waals surface area (Å²) < 4.78 is 0. The van der Waals surface area contributed by atoms with Crippen molar-refractivity contribution in [3.05, 3.63) is 12.2 Å². The molecular formula is C10H17N. The molecule has 0 N–H and O–H groups in total. The van der Waals surface area contributed by atoms with Gasteiger partial charge < -0.3 is 0 Å². The quantitative estimate of drug-likeness (QED) is 0.519. The van der Waals surface area contributed by atoms with Crippen LogP contribution < -0.4 is 0 Å². The first-order chi connectivity index (χ1) is 5.26. The maximum absolute atomic E-state index is 4.13. The molecule has 0 bridgehead atoms. The molecule has 0 aliphatic carbocycles. The molecule has 0 unspecified atom stereocenters. The Hall–Kier alpha value is -0.300. The van der Waals surface area contributed by atoms with Crippen molar-refractivity contribution in [1.82, 2.24) is 4.90 Å². The third kappa shape index (κ3) is 0.871. The van der Waals surface area contributed by atoms with Gasteiger partial charge in [0.1, 0.15) is 0 Å². The van der Waals surface area contributed by atoms with Gasteiger partial charge in [0.2, 0.25) is 0 Å². The van der Waals surface area contributed by atoms with Gasteiger partial charge in [0.15, 0.2) is 0 Å². The van der Waals surface area contributed by atoms with E-state index in [-0.39, 0.29) is 0 Å². The Bertz CT molecular complexity index is 173. The lowest BCUT2D eigenvalue weighted by molar-refractivity contribution is 0.237. The fraction of sp³-hybridized carbons (Fsp3) is 0.800. The second kappa shape index (κ2) is 2.34. The Balaban J connectivity index is 2.26. The first-order valence-corrected chi connectivity index (χ1v) is 4.67. The Morgan fingerprint density at radius 1 is 1.27 bits per heavy atom. The van der Waals surface area contributed by atoms with Crippen LogP contribution >= 0.6 is 0 Å². The van der Waals surface area contributed by atoms with E-state index in [0.29, 0.717) is 5.54 Å². The Labute approximate surface area is 69.1 Å². The van der Waals surface area contributed by atoms with Crippen LogP contribution in [0.25, 0.3) is 0 Å². The molecule has 2 heterocycles. The lowest BCUT2D eigenvalue weighted by Gasteiger charge is -2.32. The lowest BCUT2D eigenvalue weighted by Crippen LogP contribution is -2.38. The number of fused-ring (bicyclic) bond motifs is 1. The van der Waals surface area contributed by atoms with Gasteiger partial charge in [0.05, 0.1) is 0 Å². The summed E-state index contributed by atoms with van der Waals surface area (Å²) in [7, 11) is 0. The molecule has 2 fully saturated rings. The molecule has 0 aromatic rings. The van der Waals surface area contributed by atoms with Crippen LogP contribution in [0.1, 0.15) is 32.6 Å². The first-order valence-electron chi connectivity index (χ1n) is 4.67. The van der Waals surface area contributed by atoms with Gasteiger partial charge in [-0.2, -0.15) is 0 Å². The van der Waals surface area contributed by atoms with E-state index >= 15 is 0 Å². The number of rotatable bonds is 1. The van der Waals surface area contributed by atoms with E-state index in [1.54, 1.807) is 0 Å². The van der Waals surface area contributed by atoms with E-state index in [4.69, 9.17) is 0 Å². The first kappa shape index (κ1) is 7.35. The van der Waals surface area contributed by atoms with Crippen molar-refractivity contribution in [1.29, 1.82) is 0 Å². The van der Waals surface area contributed by atoms with Gasteiger partial charge in [-0.05, 0) is 45.7 Å². The molecule has 1 heteroatoms. The fourth-order valence-electron chi connectivity index (χ4n) is 2.80. The van der Waals surface area contributed by atoms with Gasteiger partial charge >= 0.3 is 0 Å².